The highest BCUT2D eigenvalue weighted by Crippen LogP contribution is 2.47. The number of carbonyl (C=O) groups excluding carboxylic acids is 2. The third kappa shape index (κ3) is 7.03. The van der Waals surface area contributed by atoms with Gasteiger partial charge in [0, 0.05) is 49.7 Å². The van der Waals surface area contributed by atoms with E-state index in [0.29, 0.717) is 42.6 Å². The number of amides is 3. The van der Waals surface area contributed by atoms with Crippen molar-refractivity contribution in [1.29, 1.82) is 0 Å². The number of anilines is 1. The topological polar surface area (TPSA) is 119 Å². The Morgan fingerprint density at radius 2 is 2.02 bits per heavy atom. The van der Waals surface area contributed by atoms with Gasteiger partial charge in [0.25, 0.3) is 5.91 Å². The molecular formula is C38H49ClN4O6S. The van der Waals surface area contributed by atoms with E-state index in [9.17, 15) is 13.8 Å². The summed E-state index contributed by atoms with van der Waals surface area (Å²) in [5, 5.41) is 3.58. The Balaban J connectivity index is 1.27. The van der Waals surface area contributed by atoms with E-state index in [0.717, 1.165) is 55.9 Å². The van der Waals surface area contributed by atoms with Crippen LogP contribution in [0.25, 0.3) is 0 Å². The van der Waals surface area contributed by atoms with E-state index in [-0.39, 0.29) is 29.2 Å². The van der Waals surface area contributed by atoms with Crippen molar-refractivity contribution in [2.45, 2.75) is 82.0 Å². The number of fused-ring (bicyclic) bond motifs is 4. The van der Waals surface area contributed by atoms with Crippen LogP contribution in [0.3, 0.4) is 0 Å². The molecule has 3 aliphatic carbocycles. The average Bonchev–Trinajstić information content (AvgIpc) is 3.75. The summed E-state index contributed by atoms with van der Waals surface area (Å²) in [6.45, 7) is 5.87. The highest BCUT2D eigenvalue weighted by molar-refractivity contribution is 7.92. The van der Waals surface area contributed by atoms with Gasteiger partial charge in [-0.2, -0.15) is 0 Å². The smallest absolute Gasteiger partial charge is 0.327 e. The standard InChI is InChI=1S/C38H49ClN4O6S/c1-24-7-5-9-32(47-3)29-13-10-27(29)20-43-22-38(16-6-8-25-17-28(39)12-14-30(25)38)23-49-33-15-11-26(18-31(33)43)35(44)41-50(46,21-24)42-36(45)40-34-19-37(34,2)48-4/h5,9,11-12,14-15,17-18,24,27,29,32,34H,6-8,10,13,16,19-23H2,1-4H3,(H2,40,41,42,44,45,46)/b9-5-/t24-,27-,29+,32-,34+,37-,38-,50?/m0/s1. The molecule has 2 aromatic rings. The van der Waals surface area contributed by atoms with E-state index >= 15 is 0 Å². The SMILES string of the molecule is CO[C@H]1/C=C\C[C@H](C)CS(=O)(NC(=O)N[C@@H]2C[C@]2(C)OC)=NC(=O)c2ccc3c(c2)N(C[C@@H]2CC[C@H]21)C[C@@]1(CCCc2cc(Cl)ccc21)CO3. The van der Waals surface area contributed by atoms with Gasteiger partial charge in [-0.15, -0.1) is 4.36 Å². The Bertz CT molecular complexity index is 1810. The van der Waals surface area contributed by atoms with Crippen molar-refractivity contribution >= 4 is 39.1 Å². The van der Waals surface area contributed by atoms with Gasteiger partial charge in [-0.05, 0) is 105 Å². The number of hydrogen-bond acceptors (Lipinski definition) is 7. The van der Waals surface area contributed by atoms with Gasteiger partial charge in [0.15, 0.2) is 0 Å². The minimum atomic E-state index is -3.50. The Hall–Kier alpha value is -3.12. The van der Waals surface area contributed by atoms with Crippen molar-refractivity contribution in [2.75, 3.05) is 44.6 Å². The number of rotatable bonds is 4. The third-order valence-corrected chi connectivity index (χ3v) is 13.9. The molecule has 0 aromatic heterocycles. The highest BCUT2D eigenvalue weighted by Gasteiger charge is 2.52. The number of nitrogens with zero attached hydrogens (tertiary/aromatic N) is 2. The fraction of sp³-hybridized carbons (Fsp3) is 0.579. The number of halogens is 1. The van der Waals surface area contributed by atoms with Crippen LogP contribution in [0.5, 0.6) is 5.75 Å². The Labute approximate surface area is 300 Å². The maximum Gasteiger partial charge on any atom is 0.327 e. The first-order valence-electron chi connectivity index (χ1n) is 17.9. The number of ether oxygens (including phenoxy) is 3. The van der Waals surface area contributed by atoms with Crippen LogP contribution in [0.15, 0.2) is 52.9 Å². The zero-order valence-corrected chi connectivity index (χ0v) is 31.0. The molecule has 2 N–H and O–H groups in total. The summed E-state index contributed by atoms with van der Waals surface area (Å²) in [5.74, 6) is 0.677. The predicted octanol–water partition coefficient (Wildman–Crippen LogP) is 6.45. The Morgan fingerprint density at radius 3 is 2.76 bits per heavy atom. The fourth-order valence-corrected chi connectivity index (χ4v) is 10.5. The Kier molecular flexibility index (Phi) is 9.73. The van der Waals surface area contributed by atoms with Crippen LogP contribution in [0, 0.1) is 17.8 Å². The van der Waals surface area contributed by atoms with Crippen molar-refractivity contribution in [3.63, 3.8) is 0 Å². The van der Waals surface area contributed by atoms with Crippen molar-refractivity contribution in [3.05, 3.63) is 70.3 Å². The first-order chi connectivity index (χ1) is 23.9. The van der Waals surface area contributed by atoms with Gasteiger partial charge in [-0.1, -0.05) is 36.7 Å². The van der Waals surface area contributed by atoms with Crippen LogP contribution in [0.4, 0.5) is 10.5 Å². The average molecular weight is 725 g/mol. The van der Waals surface area contributed by atoms with Gasteiger partial charge in [-0.3, -0.25) is 9.52 Å². The van der Waals surface area contributed by atoms with Crippen LogP contribution in [0.2, 0.25) is 5.02 Å². The molecule has 7 rings (SSSR count). The number of nitrogens with one attached hydrogen (secondary N) is 2. The van der Waals surface area contributed by atoms with Gasteiger partial charge in [0.05, 0.1) is 35.8 Å². The number of urea groups is 1. The van der Waals surface area contributed by atoms with E-state index in [2.05, 4.69) is 43.6 Å². The lowest BCUT2D eigenvalue weighted by Crippen LogP contribution is -2.49. The lowest BCUT2D eigenvalue weighted by molar-refractivity contribution is 0.0131. The molecule has 2 bridgehead atoms. The number of aryl methyl sites for hydroxylation is 1. The molecule has 5 aliphatic rings. The van der Waals surface area contributed by atoms with Gasteiger partial charge < -0.3 is 24.4 Å². The van der Waals surface area contributed by atoms with Crippen LogP contribution in [-0.2, 0) is 31.2 Å². The van der Waals surface area contributed by atoms with E-state index in [1.165, 1.54) is 11.1 Å². The first-order valence-corrected chi connectivity index (χ1v) is 19.9. The van der Waals surface area contributed by atoms with Crippen molar-refractivity contribution in [3.8, 4) is 5.75 Å². The van der Waals surface area contributed by atoms with Crippen LogP contribution >= 0.6 is 11.6 Å². The molecule has 3 amide bonds. The van der Waals surface area contributed by atoms with Crippen LogP contribution in [-0.4, -0.2) is 73.6 Å². The summed E-state index contributed by atoms with van der Waals surface area (Å²) in [6, 6.07) is 10.7. The molecular weight excluding hydrogens is 676 g/mol. The van der Waals surface area contributed by atoms with Crippen LogP contribution in [0.1, 0.15) is 73.9 Å². The molecule has 2 fully saturated rings. The minimum absolute atomic E-state index is 0.0124. The predicted molar refractivity (Wildman–Crippen MR) is 195 cm³/mol. The van der Waals surface area contributed by atoms with E-state index in [1.807, 2.05) is 32.0 Å². The summed E-state index contributed by atoms with van der Waals surface area (Å²) >= 11 is 6.45. The Morgan fingerprint density at radius 1 is 1.18 bits per heavy atom. The largest absolute Gasteiger partial charge is 0.490 e. The summed E-state index contributed by atoms with van der Waals surface area (Å²) in [4.78, 5) is 29.4. The van der Waals surface area contributed by atoms with Crippen molar-refractivity contribution in [2.24, 2.45) is 22.1 Å². The number of benzene rings is 2. The summed E-state index contributed by atoms with van der Waals surface area (Å²) in [6.07, 6.45) is 10.5. The van der Waals surface area contributed by atoms with Gasteiger partial charge in [0.1, 0.15) is 15.7 Å². The zero-order valence-electron chi connectivity index (χ0n) is 29.4. The molecule has 1 unspecified atom stereocenters. The second-order valence-corrected chi connectivity index (χ2v) is 17.7. The number of carbonyl (C=O) groups is 2. The number of methoxy groups -OCH3 is 2. The minimum Gasteiger partial charge on any atom is -0.490 e. The lowest BCUT2D eigenvalue weighted by Gasteiger charge is -2.46. The fourth-order valence-electron chi connectivity index (χ4n) is 8.48. The molecule has 50 heavy (non-hydrogen) atoms. The number of allylic oxidation sites excluding steroid dienone is 1. The summed E-state index contributed by atoms with van der Waals surface area (Å²) in [5.41, 5.74) is 2.94. The molecule has 2 aliphatic heterocycles. The first kappa shape index (κ1) is 35.3. The molecule has 2 heterocycles. The second kappa shape index (κ2) is 13.8. The molecule has 12 heteroatoms. The molecule has 8 atom stereocenters. The molecule has 270 valence electrons. The normalized spacial score (nSPS) is 35.7. The summed E-state index contributed by atoms with van der Waals surface area (Å²) in [7, 11) is -0.140. The molecule has 0 radical (unpaired) electrons. The van der Waals surface area contributed by atoms with Gasteiger partial charge in [-0.25, -0.2) is 9.00 Å². The quantitative estimate of drug-likeness (QED) is 0.348. The lowest BCUT2D eigenvalue weighted by atomic mass is 9.68. The van der Waals surface area contributed by atoms with Gasteiger partial charge in [0.2, 0.25) is 0 Å². The van der Waals surface area contributed by atoms with E-state index in [4.69, 9.17) is 25.8 Å². The van der Waals surface area contributed by atoms with Gasteiger partial charge >= 0.3 is 6.03 Å². The van der Waals surface area contributed by atoms with E-state index < -0.39 is 27.5 Å². The second-order valence-electron chi connectivity index (χ2n) is 15.3. The molecule has 1 spiro atoms. The zero-order chi connectivity index (χ0) is 35.3. The monoisotopic (exact) mass is 724 g/mol. The van der Waals surface area contributed by atoms with Crippen molar-refractivity contribution in [1.82, 2.24) is 10.0 Å². The van der Waals surface area contributed by atoms with Crippen LogP contribution < -0.4 is 19.7 Å². The molecule has 2 aromatic carbocycles. The third-order valence-electron chi connectivity index (χ3n) is 11.7. The molecule has 2 saturated carbocycles. The maximum absolute atomic E-state index is 14.4. The summed E-state index contributed by atoms with van der Waals surface area (Å²) < 4.78 is 39.4. The van der Waals surface area contributed by atoms with E-state index in [1.54, 1.807) is 20.3 Å². The highest BCUT2D eigenvalue weighted by atomic mass is 35.5. The molecule has 0 saturated heterocycles. The van der Waals surface area contributed by atoms with Crippen molar-refractivity contribution < 1.29 is 28.0 Å². The molecule has 10 nitrogen and oxygen atoms in total. The maximum atomic E-state index is 14.4. The number of hydrogen-bond donors (Lipinski definition) is 2.